The molecule has 0 saturated heterocycles. The van der Waals surface area contributed by atoms with Crippen molar-refractivity contribution in [2.24, 2.45) is 7.05 Å². The lowest BCUT2D eigenvalue weighted by Crippen LogP contribution is -2.09. The Hall–Kier alpha value is -0.880. The lowest BCUT2D eigenvalue weighted by molar-refractivity contribution is 0.173. The van der Waals surface area contributed by atoms with Crippen LogP contribution in [0.2, 0.25) is 0 Å². The van der Waals surface area contributed by atoms with Gasteiger partial charge in [-0.05, 0) is 20.3 Å². The number of hydrogen-bond donors (Lipinski definition) is 1. The quantitative estimate of drug-likeness (QED) is 0.840. The highest BCUT2D eigenvalue weighted by Gasteiger charge is 2.19. The molecule has 0 bridgehead atoms. The minimum absolute atomic E-state index is 0.0120. The van der Waals surface area contributed by atoms with Crippen LogP contribution in [0, 0.1) is 13.8 Å². The van der Waals surface area contributed by atoms with Crippen LogP contribution in [0.25, 0.3) is 0 Å². The zero-order chi connectivity index (χ0) is 12.5. The summed E-state index contributed by atoms with van der Waals surface area (Å²) in [6.45, 7) is 3.67. The monoisotopic (exact) mass is 246 g/mol. The Morgan fingerprint density at radius 3 is 2.38 bits per heavy atom. The van der Waals surface area contributed by atoms with Crippen molar-refractivity contribution < 1.29 is 13.5 Å². The number of nitrogens with zero attached hydrogens (tertiary/aromatic N) is 2. The molecule has 0 aromatic carbocycles. The molecule has 0 spiro atoms. The summed E-state index contributed by atoms with van der Waals surface area (Å²) in [5.74, 6) is -0.0120. The van der Waals surface area contributed by atoms with Crippen molar-refractivity contribution in [2.45, 2.75) is 26.4 Å². The van der Waals surface area contributed by atoms with Gasteiger partial charge in [0.1, 0.15) is 9.84 Å². The molecule has 1 N–H and O–H groups in total. The molecule has 92 valence electrons. The summed E-state index contributed by atoms with van der Waals surface area (Å²) in [7, 11) is -1.23. The van der Waals surface area contributed by atoms with Crippen LogP contribution in [0.1, 0.15) is 29.5 Å². The molecule has 1 aromatic heterocycles. The summed E-state index contributed by atoms with van der Waals surface area (Å²) in [5, 5.41) is 14.1. The number of sulfone groups is 1. The molecule has 0 radical (unpaired) electrons. The number of aliphatic hydroxyl groups is 1. The van der Waals surface area contributed by atoms with Gasteiger partial charge in [-0.2, -0.15) is 5.10 Å². The third-order valence-corrected chi connectivity index (χ3v) is 3.64. The molecule has 6 heteroatoms. The molecule has 5 nitrogen and oxygen atoms in total. The largest absolute Gasteiger partial charge is 0.388 e. The van der Waals surface area contributed by atoms with E-state index in [2.05, 4.69) is 5.10 Å². The lowest BCUT2D eigenvalue weighted by Gasteiger charge is -2.10. The highest BCUT2D eigenvalue weighted by molar-refractivity contribution is 7.90. The first-order valence-electron chi connectivity index (χ1n) is 5.08. The first kappa shape index (κ1) is 13.2. The summed E-state index contributed by atoms with van der Waals surface area (Å²) in [6.07, 6.45) is 0.623. The molecule has 0 saturated carbocycles. The number of aliphatic hydroxyl groups excluding tert-OH is 1. The van der Waals surface area contributed by atoms with E-state index in [-0.39, 0.29) is 12.2 Å². The Bertz CT molecular complexity index is 476. The second kappa shape index (κ2) is 4.55. The number of hydrogen-bond acceptors (Lipinski definition) is 4. The van der Waals surface area contributed by atoms with Crippen molar-refractivity contribution in [3.8, 4) is 0 Å². The topological polar surface area (TPSA) is 72.2 Å². The smallest absolute Gasteiger partial charge is 0.147 e. The Labute approximate surface area is 96.0 Å². The molecule has 0 fully saturated rings. The van der Waals surface area contributed by atoms with E-state index in [1.807, 2.05) is 13.8 Å². The van der Waals surface area contributed by atoms with E-state index < -0.39 is 15.9 Å². The van der Waals surface area contributed by atoms with Gasteiger partial charge in [0, 0.05) is 24.6 Å². The molecule has 0 aliphatic rings. The van der Waals surface area contributed by atoms with E-state index >= 15 is 0 Å². The van der Waals surface area contributed by atoms with Gasteiger partial charge in [-0.25, -0.2) is 8.42 Å². The van der Waals surface area contributed by atoms with E-state index in [9.17, 15) is 13.5 Å². The standard InChI is InChI=1S/C10H18N2O3S/c1-7-10(8(2)12(3)11-7)9(13)5-6-16(4,14)15/h9,13H,5-6H2,1-4H3. The third-order valence-electron chi connectivity index (χ3n) is 2.66. The van der Waals surface area contributed by atoms with Gasteiger partial charge in [-0.3, -0.25) is 4.68 Å². The van der Waals surface area contributed by atoms with Crippen LogP contribution in [0.5, 0.6) is 0 Å². The Kier molecular flexibility index (Phi) is 3.75. The molecule has 1 rings (SSSR count). The van der Waals surface area contributed by atoms with Gasteiger partial charge in [0.05, 0.1) is 17.6 Å². The molecule has 1 heterocycles. The Morgan fingerprint density at radius 2 is 2.00 bits per heavy atom. The zero-order valence-corrected chi connectivity index (χ0v) is 10.9. The van der Waals surface area contributed by atoms with Gasteiger partial charge in [-0.1, -0.05) is 0 Å². The Balaban J connectivity index is 2.85. The van der Waals surface area contributed by atoms with Gasteiger partial charge in [0.25, 0.3) is 0 Å². The fourth-order valence-electron chi connectivity index (χ4n) is 1.74. The summed E-state index contributed by atoms with van der Waals surface area (Å²) < 4.78 is 23.7. The van der Waals surface area contributed by atoms with E-state index in [4.69, 9.17) is 0 Å². The van der Waals surface area contributed by atoms with E-state index in [0.29, 0.717) is 0 Å². The predicted octanol–water partition coefficient (Wildman–Crippen LogP) is 0.505. The van der Waals surface area contributed by atoms with Crippen LogP contribution in [0.3, 0.4) is 0 Å². The van der Waals surface area contributed by atoms with Crippen molar-refractivity contribution in [1.29, 1.82) is 0 Å². The van der Waals surface area contributed by atoms with E-state index in [0.717, 1.165) is 17.0 Å². The maximum absolute atomic E-state index is 11.0. The second-order valence-electron chi connectivity index (χ2n) is 4.14. The normalized spacial score (nSPS) is 14.1. The molecule has 1 atom stereocenters. The van der Waals surface area contributed by atoms with Crippen molar-refractivity contribution in [3.05, 3.63) is 17.0 Å². The molecule has 0 aliphatic heterocycles. The minimum atomic E-state index is -3.03. The number of aromatic nitrogens is 2. The molecule has 1 unspecified atom stereocenters. The van der Waals surface area contributed by atoms with Crippen LogP contribution in [-0.2, 0) is 16.9 Å². The fourth-order valence-corrected chi connectivity index (χ4v) is 2.39. The third kappa shape index (κ3) is 3.05. The van der Waals surface area contributed by atoms with Crippen LogP contribution in [0.4, 0.5) is 0 Å². The lowest BCUT2D eigenvalue weighted by atomic mass is 10.1. The van der Waals surface area contributed by atoms with Crippen molar-refractivity contribution in [3.63, 3.8) is 0 Å². The highest BCUT2D eigenvalue weighted by Crippen LogP contribution is 2.23. The molecule has 1 aromatic rings. The van der Waals surface area contributed by atoms with Gasteiger partial charge in [-0.15, -0.1) is 0 Å². The van der Waals surface area contributed by atoms with Crippen LogP contribution in [0.15, 0.2) is 0 Å². The maximum Gasteiger partial charge on any atom is 0.147 e. The second-order valence-corrected chi connectivity index (χ2v) is 6.40. The summed E-state index contributed by atoms with van der Waals surface area (Å²) >= 11 is 0. The summed E-state index contributed by atoms with van der Waals surface area (Å²) in [6, 6.07) is 0. The maximum atomic E-state index is 11.0. The fraction of sp³-hybridized carbons (Fsp3) is 0.700. The van der Waals surface area contributed by atoms with Crippen LogP contribution in [-0.4, -0.2) is 35.3 Å². The first-order chi connectivity index (χ1) is 7.22. The van der Waals surface area contributed by atoms with E-state index in [1.165, 1.54) is 6.26 Å². The van der Waals surface area contributed by atoms with Gasteiger partial charge in [0.15, 0.2) is 0 Å². The summed E-state index contributed by atoms with van der Waals surface area (Å²) in [4.78, 5) is 0. The summed E-state index contributed by atoms with van der Waals surface area (Å²) in [5.41, 5.74) is 2.37. The van der Waals surface area contributed by atoms with E-state index in [1.54, 1.807) is 11.7 Å². The van der Waals surface area contributed by atoms with Gasteiger partial charge < -0.3 is 5.11 Å². The van der Waals surface area contributed by atoms with Crippen molar-refractivity contribution in [2.75, 3.05) is 12.0 Å². The molecule has 0 amide bonds. The van der Waals surface area contributed by atoms with Crippen molar-refractivity contribution in [1.82, 2.24) is 9.78 Å². The first-order valence-corrected chi connectivity index (χ1v) is 7.14. The Morgan fingerprint density at radius 1 is 1.44 bits per heavy atom. The van der Waals surface area contributed by atoms with Gasteiger partial charge in [0.2, 0.25) is 0 Å². The molecular formula is C10H18N2O3S. The highest BCUT2D eigenvalue weighted by atomic mass is 32.2. The van der Waals surface area contributed by atoms with Crippen LogP contribution >= 0.6 is 0 Å². The molecule has 0 aliphatic carbocycles. The zero-order valence-electron chi connectivity index (χ0n) is 10.1. The average molecular weight is 246 g/mol. The van der Waals surface area contributed by atoms with Crippen LogP contribution < -0.4 is 0 Å². The average Bonchev–Trinajstić information content (AvgIpc) is 2.36. The predicted molar refractivity (Wildman–Crippen MR) is 62.0 cm³/mol. The minimum Gasteiger partial charge on any atom is -0.388 e. The van der Waals surface area contributed by atoms with Gasteiger partial charge >= 0.3 is 0 Å². The number of aryl methyl sites for hydroxylation is 2. The van der Waals surface area contributed by atoms with Crippen molar-refractivity contribution >= 4 is 9.84 Å². The molecular weight excluding hydrogens is 228 g/mol. The molecule has 16 heavy (non-hydrogen) atoms. The SMILES string of the molecule is Cc1nn(C)c(C)c1C(O)CCS(C)(=O)=O. The number of rotatable bonds is 4.